The predicted octanol–water partition coefficient (Wildman–Crippen LogP) is 6.48. The monoisotopic (exact) mass is 448 g/mol. The molecular weight excluding hydrogens is 433 g/mol. The molecule has 0 unspecified atom stereocenters. The molecule has 0 saturated carbocycles. The van der Waals surface area contributed by atoms with Gasteiger partial charge in [0.05, 0.1) is 5.56 Å². The Morgan fingerprint density at radius 1 is 0.906 bits per heavy atom. The van der Waals surface area contributed by atoms with Gasteiger partial charge >= 0.3 is 6.18 Å². The second kappa shape index (κ2) is 9.08. The van der Waals surface area contributed by atoms with Crippen LogP contribution in [0.15, 0.2) is 84.4 Å². The van der Waals surface area contributed by atoms with E-state index in [1.807, 2.05) is 5.38 Å². The predicted molar refractivity (Wildman–Crippen MR) is 119 cm³/mol. The zero-order chi connectivity index (χ0) is 22.6. The molecule has 1 amide bonds. The van der Waals surface area contributed by atoms with Crippen LogP contribution in [0.25, 0.3) is 11.1 Å². The summed E-state index contributed by atoms with van der Waals surface area (Å²) < 4.78 is 38.5. The molecule has 1 heterocycles. The van der Waals surface area contributed by atoms with Crippen molar-refractivity contribution < 1.29 is 18.0 Å². The lowest BCUT2D eigenvalue weighted by atomic mass is 9.98. The molecular formula is C25H15F3N2OS. The second-order valence-corrected chi connectivity index (χ2v) is 7.63. The summed E-state index contributed by atoms with van der Waals surface area (Å²) in [5.41, 5.74) is 2.06. The minimum Gasteiger partial charge on any atom is -0.322 e. The average molecular weight is 448 g/mol. The largest absolute Gasteiger partial charge is 0.416 e. The Labute approximate surface area is 186 Å². The third-order valence-corrected chi connectivity index (χ3v) is 5.27. The first-order valence-electron chi connectivity index (χ1n) is 9.50. The van der Waals surface area contributed by atoms with Gasteiger partial charge in [-0.15, -0.1) is 11.3 Å². The van der Waals surface area contributed by atoms with Crippen molar-refractivity contribution in [1.82, 2.24) is 4.98 Å². The molecule has 1 aromatic heterocycles. The van der Waals surface area contributed by atoms with E-state index in [0.29, 0.717) is 22.4 Å². The summed E-state index contributed by atoms with van der Waals surface area (Å²) >= 11 is 1.46. The number of carbonyl (C=O) groups excluding carboxylic acids is 1. The Morgan fingerprint density at radius 2 is 1.62 bits per heavy atom. The van der Waals surface area contributed by atoms with Gasteiger partial charge in [-0.05, 0) is 59.5 Å². The molecule has 0 fully saturated rings. The quantitative estimate of drug-likeness (QED) is 0.365. The van der Waals surface area contributed by atoms with E-state index in [1.54, 1.807) is 54.7 Å². The van der Waals surface area contributed by atoms with Gasteiger partial charge in [-0.2, -0.15) is 13.2 Å². The zero-order valence-corrected chi connectivity index (χ0v) is 17.3. The molecule has 0 radical (unpaired) electrons. The number of hydrogen-bond acceptors (Lipinski definition) is 3. The van der Waals surface area contributed by atoms with Crippen LogP contribution in [0.2, 0.25) is 0 Å². The fourth-order valence-electron chi connectivity index (χ4n) is 3.02. The smallest absolute Gasteiger partial charge is 0.322 e. The molecule has 0 atom stereocenters. The topological polar surface area (TPSA) is 42.0 Å². The highest BCUT2D eigenvalue weighted by atomic mass is 32.1. The Hall–Kier alpha value is -3.89. The lowest BCUT2D eigenvalue weighted by Crippen LogP contribution is -2.13. The number of carbonyl (C=O) groups is 1. The molecule has 0 saturated heterocycles. The van der Waals surface area contributed by atoms with Gasteiger partial charge in [0.25, 0.3) is 5.91 Å². The minimum absolute atomic E-state index is 0.359. The molecule has 4 rings (SSSR count). The van der Waals surface area contributed by atoms with Crippen LogP contribution in [0.1, 0.15) is 26.5 Å². The number of benzene rings is 3. The Balaban J connectivity index is 1.52. The van der Waals surface area contributed by atoms with Gasteiger partial charge in [0.15, 0.2) is 5.01 Å². The van der Waals surface area contributed by atoms with E-state index in [2.05, 4.69) is 22.1 Å². The number of rotatable bonds is 3. The van der Waals surface area contributed by atoms with Crippen molar-refractivity contribution in [3.05, 3.63) is 106 Å². The van der Waals surface area contributed by atoms with Gasteiger partial charge in [0.1, 0.15) is 0 Å². The van der Waals surface area contributed by atoms with E-state index in [0.717, 1.165) is 22.7 Å². The fraction of sp³-hybridized carbons (Fsp3) is 0.0400. The number of alkyl halides is 3. The molecule has 0 spiro atoms. The lowest BCUT2D eigenvalue weighted by Gasteiger charge is -2.12. The maximum Gasteiger partial charge on any atom is 0.416 e. The van der Waals surface area contributed by atoms with Crippen molar-refractivity contribution in [3.63, 3.8) is 0 Å². The Bertz CT molecular complexity index is 1280. The summed E-state index contributed by atoms with van der Waals surface area (Å²) in [4.78, 5) is 17.0. The molecule has 0 aliphatic heterocycles. The fourth-order valence-corrected chi connectivity index (χ4v) is 3.50. The first-order chi connectivity index (χ1) is 15.4. The number of amides is 1. The third kappa shape index (κ3) is 5.05. The van der Waals surface area contributed by atoms with Gasteiger partial charge in [0, 0.05) is 28.4 Å². The van der Waals surface area contributed by atoms with Crippen molar-refractivity contribution in [3.8, 4) is 23.0 Å². The lowest BCUT2D eigenvalue weighted by molar-refractivity contribution is -0.137. The van der Waals surface area contributed by atoms with E-state index in [4.69, 9.17) is 0 Å². The minimum atomic E-state index is -4.41. The highest BCUT2D eigenvalue weighted by molar-refractivity contribution is 7.10. The number of aromatic nitrogens is 1. The van der Waals surface area contributed by atoms with Gasteiger partial charge in [0.2, 0.25) is 0 Å². The maximum absolute atomic E-state index is 12.9. The number of halogens is 3. The van der Waals surface area contributed by atoms with Gasteiger partial charge in [-0.3, -0.25) is 4.79 Å². The molecule has 3 nitrogen and oxygen atoms in total. The third-order valence-electron chi connectivity index (χ3n) is 4.58. The number of nitrogens with one attached hydrogen (secondary N) is 1. The summed E-state index contributed by atoms with van der Waals surface area (Å²) in [6, 6.07) is 18.6. The molecule has 0 aliphatic carbocycles. The van der Waals surface area contributed by atoms with Crippen molar-refractivity contribution in [2.45, 2.75) is 6.18 Å². The molecule has 0 aliphatic rings. The van der Waals surface area contributed by atoms with E-state index in [1.165, 1.54) is 23.5 Å². The van der Waals surface area contributed by atoms with Gasteiger partial charge in [-0.25, -0.2) is 4.98 Å². The highest BCUT2D eigenvalue weighted by Gasteiger charge is 2.30. The van der Waals surface area contributed by atoms with Crippen molar-refractivity contribution in [1.29, 1.82) is 0 Å². The van der Waals surface area contributed by atoms with Crippen LogP contribution < -0.4 is 5.32 Å². The number of nitrogens with zero attached hydrogens (tertiary/aromatic N) is 1. The van der Waals surface area contributed by atoms with E-state index in [9.17, 15) is 18.0 Å². The summed E-state index contributed by atoms with van der Waals surface area (Å²) in [7, 11) is 0. The zero-order valence-electron chi connectivity index (χ0n) is 16.5. The van der Waals surface area contributed by atoms with Crippen LogP contribution in [0.5, 0.6) is 0 Å². The first kappa shape index (κ1) is 21.3. The van der Waals surface area contributed by atoms with E-state index in [-0.39, 0.29) is 5.91 Å². The number of anilines is 1. The highest BCUT2D eigenvalue weighted by Crippen LogP contribution is 2.32. The molecule has 3 aromatic carbocycles. The average Bonchev–Trinajstić information content (AvgIpc) is 3.32. The molecule has 4 aromatic rings. The standard InChI is InChI=1S/C25H15F3N2OS/c26-25(27,28)19-10-8-18(9-11-19)21-3-1-2-4-22(21)24(31)30-20-12-5-17(6-13-20)7-14-23-29-15-16-32-23/h1-6,8-13,15-16H,(H,30,31). The molecule has 158 valence electrons. The normalized spacial score (nSPS) is 10.8. The van der Waals surface area contributed by atoms with Crippen LogP contribution in [0.3, 0.4) is 0 Å². The van der Waals surface area contributed by atoms with Crippen LogP contribution in [0.4, 0.5) is 18.9 Å². The molecule has 7 heteroatoms. The Kier molecular flexibility index (Phi) is 6.06. The van der Waals surface area contributed by atoms with E-state index >= 15 is 0 Å². The van der Waals surface area contributed by atoms with Crippen molar-refractivity contribution >= 4 is 22.9 Å². The second-order valence-electron chi connectivity index (χ2n) is 6.74. The summed E-state index contributed by atoms with van der Waals surface area (Å²) in [5, 5.41) is 5.40. The van der Waals surface area contributed by atoms with Crippen LogP contribution >= 0.6 is 11.3 Å². The van der Waals surface area contributed by atoms with Crippen LogP contribution in [-0.2, 0) is 6.18 Å². The summed E-state index contributed by atoms with van der Waals surface area (Å²) in [6.07, 6.45) is -2.72. The van der Waals surface area contributed by atoms with Gasteiger partial charge < -0.3 is 5.32 Å². The van der Waals surface area contributed by atoms with Crippen LogP contribution in [-0.4, -0.2) is 10.9 Å². The summed E-state index contributed by atoms with van der Waals surface area (Å²) in [6.45, 7) is 0. The molecule has 1 N–H and O–H groups in total. The van der Waals surface area contributed by atoms with Crippen LogP contribution in [0, 0.1) is 11.8 Å². The van der Waals surface area contributed by atoms with Gasteiger partial charge in [-0.1, -0.05) is 36.3 Å². The Morgan fingerprint density at radius 3 is 2.28 bits per heavy atom. The SMILES string of the molecule is O=C(Nc1ccc(C#Cc2nccs2)cc1)c1ccccc1-c1ccc(C(F)(F)F)cc1. The number of hydrogen-bond donors (Lipinski definition) is 1. The van der Waals surface area contributed by atoms with E-state index < -0.39 is 11.7 Å². The molecule has 32 heavy (non-hydrogen) atoms. The molecule has 0 bridgehead atoms. The number of thiazole rings is 1. The first-order valence-corrected chi connectivity index (χ1v) is 10.4. The summed E-state index contributed by atoms with van der Waals surface area (Å²) in [5.74, 6) is 5.62. The maximum atomic E-state index is 12.9. The van der Waals surface area contributed by atoms with Crippen molar-refractivity contribution in [2.75, 3.05) is 5.32 Å². The van der Waals surface area contributed by atoms with Crippen molar-refractivity contribution in [2.24, 2.45) is 0 Å².